The first-order valence-electron chi connectivity index (χ1n) is 7.88. The molecule has 3 rings (SSSR count). The highest BCUT2D eigenvalue weighted by molar-refractivity contribution is 5.91. The summed E-state index contributed by atoms with van der Waals surface area (Å²) in [5, 5.41) is 3.14. The monoisotopic (exact) mass is 287 g/mol. The number of carbonyl (C=O) groups excluding carboxylic acids is 1. The maximum absolute atomic E-state index is 12.7. The molecule has 0 spiro atoms. The minimum absolute atomic E-state index is 0.0670. The van der Waals surface area contributed by atoms with Crippen LogP contribution in [0.3, 0.4) is 0 Å². The Bertz CT molecular complexity index is 523. The van der Waals surface area contributed by atoms with E-state index in [0.29, 0.717) is 12.0 Å². The molecule has 21 heavy (non-hydrogen) atoms. The number of likely N-dealkylation sites (tertiary alicyclic amines) is 2. The lowest BCUT2D eigenvalue weighted by Crippen LogP contribution is -2.50. The smallest absolute Gasteiger partial charge is 0.320 e. The third kappa shape index (κ3) is 2.77. The number of rotatable bonds is 1. The molecular weight excluding hydrogens is 262 g/mol. The molecule has 2 fully saturated rings. The molecule has 1 N–H and O–H groups in total. The number of hydrogen-bond donors (Lipinski definition) is 1. The molecule has 1 aromatic rings. The number of aryl methyl sites for hydroxylation is 2. The van der Waals surface area contributed by atoms with Gasteiger partial charge in [-0.3, -0.25) is 0 Å². The van der Waals surface area contributed by atoms with Crippen molar-refractivity contribution in [3.8, 4) is 0 Å². The summed E-state index contributed by atoms with van der Waals surface area (Å²) in [5.74, 6) is 0.646. The number of piperidine rings is 1. The lowest BCUT2D eigenvalue weighted by atomic mass is 9.92. The van der Waals surface area contributed by atoms with Crippen molar-refractivity contribution in [2.24, 2.45) is 5.92 Å². The molecule has 0 aromatic heterocycles. The summed E-state index contributed by atoms with van der Waals surface area (Å²) in [4.78, 5) is 17.1. The molecule has 2 heterocycles. The molecular formula is C17H25N3O. The molecule has 4 nitrogen and oxygen atoms in total. The van der Waals surface area contributed by atoms with Gasteiger partial charge in [-0.15, -0.1) is 0 Å². The predicted molar refractivity (Wildman–Crippen MR) is 85.6 cm³/mol. The number of nitrogens with zero attached hydrogens (tertiary/aromatic N) is 2. The topological polar surface area (TPSA) is 35.6 Å². The number of nitrogens with one attached hydrogen (secondary N) is 1. The van der Waals surface area contributed by atoms with Crippen molar-refractivity contribution in [3.05, 3.63) is 29.3 Å². The van der Waals surface area contributed by atoms with Crippen LogP contribution < -0.4 is 5.32 Å². The molecule has 0 unspecified atom stereocenters. The number of para-hydroxylation sites is 1. The first kappa shape index (κ1) is 14.4. The Balaban J connectivity index is 1.76. The van der Waals surface area contributed by atoms with Crippen LogP contribution in [-0.4, -0.2) is 48.6 Å². The molecule has 2 amide bonds. The fourth-order valence-corrected chi connectivity index (χ4v) is 3.83. The third-order valence-electron chi connectivity index (χ3n) is 4.94. The van der Waals surface area contributed by atoms with Crippen molar-refractivity contribution in [1.29, 1.82) is 0 Å². The van der Waals surface area contributed by atoms with Crippen LogP contribution in [0, 0.1) is 19.8 Å². The second-order valence-electron chi connectivity index (χ2n) is 6.58. The minimum Gasteiger partial charge on any atom is -0.320 e. The number of carbonyl (C=O) groups is 1. The van der Waals surface area contributed by atoms with Crippen LogP contribution in [0.5, 0.6) is 0 Å². The van der Waals surface area contributed by atoms with Crippen molar-refractivity contribution < 1.29 is 4.79 Å². The van der Waals surface area contributed by atoms with Gasteiger partial charge in [-0.1, -0.05) is 18.2 Å². The Kier molecular flexibility index (Phi) is 3.89. The highest BCUT2D eigenvalue weighted by Crippen LogP contribution is 2.30. The van der Waals surface area contributed by atoms with E-state index >= 15 is 0 Å². The normalized spacial score (nSPS) is 25.8. The molecule has 0 radical (unpaired) electrons. The maximum Gasteiger partial charge on any atom is 0.322 e. The molecule has 2 atom stereocenters. The third-order valence-corrected chi connectivity index (χ3v) is 4.94. The zero-order chi connectivity index (χ0) is 15.0. The van der Waals surface area contributed by atoms with Crippen LogP contribution >= 0.6 is 0 Å². The van der Waals surface area contributed by atoms with Crippen LogP contribution in [0.1, 0.15) is 24.0 Å². The first-order chi connectivity index (χ1) is 10.1. The fraction of sp³-hybridized carbons (Fsp3) is 0.588. The van der Waals surface area contributed by atoms with Gasteiger partial charge in [-0.05, 0) is 50.8 Å². The van der Waals surface area contributed by atoms with E-state index in [1.54, 1.807) is 0 Å². The zero-order valence-electron chi connectivity index (χ0n) is 13.2. The van der Waals surface area contributed by atoms with Crippen LogP contribution in [0.25, 0.3) is 0 Å². The molecule has 0 bridgehead atoms. The summed E-state index contributed by atoms with van der Waals surface area (Å²) in [6, 6.07) is 6.57. The van der Waals surface area contributed by atoms with E-state index < -0.39 is 0 Å². The van der Waals surface area contributed by atoms with Gasteiger partial charge in [0.25, 0.3) is 0 Å². The molecule has 4 heteroatoms. The van der Waals surface area contributed by atoms with E-state index in [1.165, 1.54) is 6.42 Å². The minimum atomic E-state index is 0.0670. The molecule has 2 aliphatic heterocycles. The van der Waals surface area contributed by atoms with Crippen molar-refractivity contribution >= 4 is 11.7 Å². The van der Waals surface area contributed by atoms with E-state index in [0.717, 1.165) is 42.9 Å². The van der Waals surface area contributed by atoms with Crippen molar-refractivity contribution in [2.45, 2.75) is 32.7 Å². The number of hydrogen-bond acceptors (Lipinski definition) is 2. The summed E-state index contributed by atoms with van der Waals surface area (Å²) in [5.41, 5.74) is 3.22. The summed E-state index contributed by atoms with van der Waals surface area (Å²) in [6.45, 7) is 7.10. The number of amides is 2. The second kappa shape index (κ2) is 5.68. The van der Waals surface area contributed by atoms with E-state index in [9.17, 15) is 4.79 Å². The highest BCUT2D eigenvalue weighted by Gasteiger charge is 2.39. The lowest BCUT2D eigenvalue weighted by molar-refractivity contribution is 0.146. The summed E-state index contributed by atoms with van der Waals surface area (Å²) in [6.07, 6.45) is 2.37. The van der Waals surface area contributed by atoms with Gasteiger partial charge in [0.1, 0.15) is 0 Å². The molecule has 1 aromatic carbocycles. The Morgan fingerprint density at radius 3 is 2.67 bits per heavy atom. The Labute approximate surface area is 127 Å². The van der Waals surface area contributed by atoms with Gasteiger partial charge in [0, 0.05) is 25.3 Å². The average molecular weight is 287 g/mol. The van der Waals surface area contributed by atoms with Gasteiger partial charge < -0.3 is 15.1 Å². The second-order valence-corrected chi connectivity index (χ2v) is 6.58. The zero-order valence-corrected chi connectivity index (χ0v) is 13.2. The number of fused-ring (bicyclic) bond motifs is 1. The van der Waals surface area contributed by atoms with E-state index in [2.05, 4.69) is 22.2 Å². The van der Waals surface area contributed by atoms with Gasteiger partial charge in [0.05, 0.1) is 6.04 Å². The lowest BCUT2D eigenvalue weighted by Gasteiger charge is -2.37. The summed E-state index contributed by atoms with van der Waals surface area (Å²) >= 11 is 0. The summed E-state index contributed by atoms with van der Waals surface area (Å²) in [7, 11) is 2.15. The molecule has 114 valence electrons. The number of likely N-dealkylation sites (N-methyl/N-ethyl adjacent to an activating group) is 1. The maximum atomic E-state index is 12.7. The number of urea groups is 1. The van der Waals surface area contributed by atoms with Gasteiger partial charge in [0.2, 0.25) is 0 Å². The van der Waals surface area contributed by atoms with Gasteiger partial charge in [-0.2, -0.15) is 0 Å². The number of anilines is 1. The van der Waals surface area contributed by atoms with E-state index in [4.69, 9.17) is 0 Å². The first-order valence-corrected chi connectivity index (χ1v) is 7.88. The molecule has 2 aliphatic rings. The fourth-order valence-electron chi connectivity index (χ4n) is 3.83. The Hall–Kier alpha value is -1.55. The predicted octanol–water partition coefficient (Wildman–Crippen LogP) is 2.86. The van der Waals surface area contributed by atoms with Crippen LogP contribution in [-0.2, 0) is 0 Å². The standard InChI is InChI=1S/C17H25N3O/c1-12-6-4-7-13(2)16(12)18-17(21)20-9-5-8-14-10-19(3)11-15(14)20/h4,6-7,14-15H,5,8-11H2,1-3H3,(H,18,21)/t14-,15+/m0/s1. The Morgan fingerprint density at radius 1 is 1.24 bits per heavy atom. The molecule has 2 saturated heterocycles. The van der Waals surface area contributed by atoms with Crippen LogP contribution in [0.15, 0.2) is 18.2 Å². The highest BCUT2D eigenvalue weighted by atomic mass is 16.2. The quantitative estimate of drug-likeness (QED) is 0.862. The van der Waals surface area contributed by atoms with Crippen molar-refractivity contribution in [3.63, 3.8) is 0 Å². The van der Waals surface area contributed by atoms with Gasteiger partial charge in [0.15, 0.2) is 0 Å². The average Bonchev–Trinajstić information content (AvgIpc) is 2.82. The van der Waals surface area contributed by atoms with E-state index in [1.807, 2.05) is 32.0 Å². The molecule has 0 saturated carbocycles. The Morgan fingerprint density at radius 2 is 1.95 bits per heavy atom. The SMILES string of the molecule is Cc1cccc(C)c1NC(=O)N1CCC[C@H]2CN(C)C[C@H]21. The molecule has 0 aliphatic carbocycles. The van der Waals surface area contributed by atoms with Crippen molar-refractivity contribution in [2.75, 3.05) is 32.0 Å². The van der Waals surface area contributed by atoms with Crippen LogP contribution in [0.2, 0.25) is 0 Å². The van der Waals surface area contributed by atoms with Crippen molar-refractivity contribution in [1.82, 2.24) is 9.80 Å². The van der Waals surface area contributed by atoms with E-state index in [-0.39, 0.29) is 6.03 Å². The van der Waals surface area contributed by atoms with Gasteiger partial charge >= 0.3 is 6.03 Å². The summed E-state index contributed by atoms with van der Waals surface area (Å²) < 4.78 is 0. The van der Waals surface area contributed by atoms with Crippen LogP contribution in [0.4, 0.5) is 10.5 Å². The largest absolute Gasteiger partial charge is 0.322 e. The van der Waals surface area contributed by atoms with Gasteiger partial charge in [-0.25, -0.2) is 4.79 Å². The number of benzene rings is 1.